The van der Waals surface area contributed by atoms with E-state index in [1.807, 2.05) is 6.92 Å². The molecule has 2 rings (SSSR count). The summed E-state index contributed by atoms with van der Waals surface area (Å²) in [5.74, 6) is 0.417. The first-order valence-corrected chi connectivity index (χ1v) is 6.43. The summed E-state index contributed by atoms with van der Waals surface area (Å²) in [6.07, 6.45) is 2.56. The molecule has 2 unspecified atom stereocenters. The second-order valence-electron chi connectivity index (χ2n) is 4.78. The third-order valence-corrected chi connectivity index (χ3v) is 3.60. The van der Waals surface area contributed by atoms with Crippen molar-refractivity contribution in [3.63, 3.8) is 0 Å². The van der Waals surface area contributed by atoms with Gasteiger partial charge in [0.15, 0.2) is 0 Å². The summed E-state index contributed by atoms with van der Waals surface area (Å²) in [4.78, 5) is 12.1. The third kappa shape index (κ3) is 2.95. The van der Waals surface area contributed by atoms with Gasteiger partial charge in [-0.05, 0) is 30.9 Å². The van der Waals surface area contributed by atoms with Crippen molar-refractivity contribution in [2.75, 3.05) is 6.61 Å². The maximum Gasteiger partial charge on any atom is 0.142 e. The van der Waals surface area contributed by atoms with Crippen molar-refractivity contribution in [2.45, 2.75) is 39.2 Å². The van der Waals surface area contributed by atoms with Crippen LogP contribution < -0.4 is 0 Å². The summed E-state index contributed by atoms with van der Waals surface area (Å²) >= 11 is 0. The zero-order valence-corrected chi connectivity index (χ0v) is 10.6. The Balaban J connectivity index is 1.97. The van der Waals surface area contributed by atoms with Gasteiger partial charge in [0.1, 0.15) is 5.78 Å². The molecule has 0 aliphatic carbocycles. The summed E-state index contributed by atoms with van der Waals surface area (Å²) < 4.78 is 5.44. The van der Waals surface area contributed by atoms with Crippen LogP contribution in [0.4, 0.5) is 0 Å². The van der Waals surface area contributed by atoms with Crippen molar-refractivity contribution in [1.29, 1.82) is 0 Å². The average Bonchev–Trinajstić information content (AvgIpc) is 2.76. The van der Waals surface area contributed by atoms with Gasteiger partial charge in [0.05, 0.1) is 6.10 Å². The van der Waals surface area contributed by atoms with Crippen LogP contribution in [-0.4, -0.2) is 18.5 Å². The topological polar surface area (TPSA) is 26.3 Å². The summed E-state index contributed by atoms with van der Waals surface area (Å²) in [5.41, 5.74) is 2.44. The van der Waals surface area contributed by atoms with Crippen molar-refractivity contribution >= 4 is 5.78 Å². The lowest BCUT2D eigenvalue weighted by molar-refractivity contribution is -0.123. The normalized spacial score (nSPS) is 23.9. The Labute approximate surface area is 103 Å². The van der Waals surface area contributed by atoms with E-state index >= 15 is 0 Å². The molecule has 1 saturated heterocycles. The number of ether oxygens (including phenoxy) is 1. The van der Waals surface area contributed by atoms with E-state index in [0.29, 0.717) is 12.2 Å². The quantitative estimate of drug-likeness (QED) is 0.798. The molecular weight excluding hydrogens is 212 g/mol. The summed E-state index contributed by atoms with van der Waals surface area (Å²) in [6, 6.07) is 8.35. The van der Waals surface area contributed by atoms with Gasteiger partial charge in [0, 0.05) is 18.9 Å². The zero-order chi connectivity index (χ0) is 12.3. The minimum absolute atomic E-state index is 0.0948. The highest BCUT2D eigenvalue weighted by molar-refractivity contribution is 5.84. The molecule has 0 N–H and O–H groups in total. The van der Waals surface area contributed by atoms with E-state index in [-0.39, 0.29) is 12.0 Å². The van der Waals surface area contributed by atoms with Gasteiger partial charge in [0.25, 0.3) is 0 Å². The van der Waals surface area contributed by atoms with Crippen LogP contribution in [0.2, 0.25) is 0 Å². The molecule has 1 heterocycles. The van der Waals surface area contributed by atoms with Crippen LogP contribution in [0.3, 0.4) is 0 Å². The maximum absolute atomic E-state index is 12.1. The predicted molar refractivity (Wildman–Crippen MR) is 68.1 cm³/mol. The van der Waals surface area contributed by atoms with Crippen LogP contribution in [0.25, 0.3) is 0 Å². The molecule has 0 radical (unpaired) electrons. The molecule has 0 saturated carbocycles. The standard InChI is InChI=1S/C15H20O2/c1-3-12-4-6-13(7-5-12)10-15(16)14-8-9-17-11(14)2/h4-7,11,14H,3,8-10H2,1-2H3. The van der Waals surface area contributed by atoms with Gasteiger partial charge < -0.3 is 4.74 Å². The van der Waals surface area contributed by atoms with E-state index in [1.54, 1.807) is 0 Å². The molecule has 1 aliphatic rings. The Morgan fingerprint density at radius 3 is 2.47 bits per heavy atom. The lowest BCUT2D eigenvalue weighted by Gasteiger charge is -2.12. The highest BCUT2D eigenvalue weighted by Crippen LogP contribution is 2.22. The van der Waals surface area contributed by atoms with E-state index < -0.39 is 0 Å². The number of aryl methyl sites for hydroxylation is 1. The molecule has 2 nitrogen and oxygen atoms in total. The van der Waals surface area contributed by atoms with Crippen molar-refractivity contribution in [3.05, 3.63) is 35.4 Å². The highest BCUT2D eigenvalue weighted by Gasteiger charge is 2.30. The van der Waals surface area contributed by atoms with Crippen LogP contribution in [0.15, 0.2) is 24.3 Å². The second kappa shape index (κ2) is 5.46. The number of carbonyl (C=O) groups is 1. The SMILES string of the molecule is CCc1ccc(CC(=O)C2CCOC2C)cc1. The number of carbonyl (C=O) groups excluding carboxylic acids is 1. The fourth-order valence-corrected chi connectivity index (χ4v) is 2.38. The van der Waals surface area contributed by atoms with E-state index in [4.69, 9.17) is 4.74 Å². The van der Waals surface area contributed by atoms with Crippen LogP contribution in [0.5, 0.6) is 0 Å². The largest absolute Gasteiger partial charge is 0.378 e. The molecular formula is C15H20O2. The van der Waals surface area contributed by atoms with E-state index in [9.17, 15) is 4.79 Å². The smallest absolute Gasteiger partial charge is 0.142 e. The Hall–Kier alpha value is -1.15. The number of Topliss-reactive ketones (excluding diaryl/α,β-unsaturated/α-hetero) is 1. The van der Waals surface area contributed by atoms with E-state index in [0.717, 1.165) is 25.0 Å². The predicted octanol–water partition coefficient (Wildman–Crippen LogP) is 2.79. The van der Waals surface area contributed by atoms with Crippen LogP contribution in [0, 0.1) is 5.92 Å². The number of ketones is 1. The van der Waals surface area contributed by atoms with E-state index in [2.05, 4.69) is 31.2 Å². The minimum atomic E-state index is 0.0948. The van der Waals surface area contributed by atoms with Crippen molar-refractivity contribution in [1.82, 2.24) is 0 Å². The molecule has 0 amide bonds. The monoisotopic (exact) mass is 232 g/mol. The first-order valence-electron chi connectivity index (χ1n) is 6.43. The molecule has 1 aliphatic heterocycles. The minimum Gasteiger partial charge on any atom is -0.378 e. The average molecular weight is 232 g/mol. The molecule has 17 heavy (non-hydrogen) atoms. The van der Waals surface area contributed by atoms with Gasteiger partial charge in [-0.25, -0.2) is 0 Å². The summed E-state index contributed by atoms with van der Waals surface area (Å²) in [6.45, 7) is 4.86. The number of benzene rings is 1. The molecule has 0 spiro atoms. The number of rotatable bonds is 4. The van der Waals surface area contributed by atoms with Crippen molar-refractivity contribution < 1.29 is 9.53 Å². The summed E-state index contributed by atoms with van der Waals surface area (Å²) in [5, 5.41) is 0. The van der Waals surface area contributed by atoms with Crippen LogP contribution in [0.1, 0.15) is 31.4 Å². The summed E-state index contributed by atoms with van der Waals surface area (Å²) in [7, 11) is 0. The molecule has 92 valence electrons. The first-order chi connectivity index (χ1) is 8.20. The van der Waals surface area contributed by atoms with E-state index in [1.165, 1.54) is 5.56 Å². The molecule has 0 aromatic heterocycles. The first kappa shape index (κ1) is 12.3. The fourth-order valence-electron chi connectivity index (χ4n) is 2.38. The lowest BCUT2D eigenvalue weighted by atomic mass is 9.92. The Bertz CT molecular complexity index is 380. The molecule has 1 fully saturated rings. The fraction of sp³-hybridized carbons (Fsp3) is 0.533. The van der Waals surface area contributed by atoms with Crippen LogP contribution in [-0.2, 0) is 22.4 Å². The van der Waals surface area contributed by atoms with Gasteiger partial charge in [-0.3, -0.25) is 4.79 Å². The highest BCUT2D eigenvalue weighted by atomic mass is 16.5. The lowest BCUT2D eigenvalue weighted by Crippen LogP contribution is -2.23. The number of hydrogen-bond acceptors (Lipinski definition) is 2. The molecule has 2 heteroatoms. The zero-order valence-electron chi connectivity index (χ0n) is 10.6. The van der Waals surface area contributed by atoms with Crippen molar-refractivity contribution in [2.24, 2.45) is 5.92 Å². The maximum atomic E-state index is 12.1. The Morgan fingerprint density at radius 1 is 1.29 bits per heavy atom. The molecule has 1 aromatic carbocycles. The van der Waals surface area contributed by atoms with Crippen LogP contribution >= 0.6 is 0 Å². The third-order valence-electron chi connectivity index (χ3n) is 3.60. The number of hydrogen-bond donors (Lipinski definition) is 0. The van der Waals surface area contributed by atoms with Gasteiger partial charge in [-0.15, -0.1) is 0 Å². The molecule has 1 aromatic rings. The van der Waals surface area contributed by atoms with Crippen molar-refractivity contribution in [3.8, 4) is 0 Å². The van der Waals surface area contributed by atoms with Gasteiger partial charge >= 0.3 is 0 Å². The second-order valence-corrected chi connectivity index (χ2v) is 4.78. The molecule has 2 atom stereocenters. The Kier molecular flexibility index (Phi) is 3.95. The van der Waals surface area contributed by atoms with Gasteiger partial charge in [-0.2, -0.15) is 0 Å². The van der Waals surface area contributed by atoms with Gasteiger partial charge in [-0.1, -0.05) is 31.2 Å². The Morgan fingerprint density at radius 2 is 1.94 bits per heavy atom. The van der Waals surface area contributed by atoms with Gasteiger partial charge in [0.2, 0.25) is 0 Å². The molecule has 0 bridgehead atoms.